The van der Waals surface area contributed by atoms with Gasteiger partial charge < -0.3 is 15.4 Å². The van der Waals surface area contributed by atoms with Crippen molar-refractivity contribution in [2.45, 2.75) is 39.3 Å². The summed E-state index contributed by atoms with van der Waals surface area (Å²) < 4.78 is 28.7. The topological polar surface area (TPSA) is 50.4 Å². The lowest BCUT2D eigenvalue weighted by Gasteiger charge is -2.39. The number of halogens is 2. The van der Waals surface area contributed by atoms with E-state index in [1.807, 2.05) is 0 Å². The van der Waals surface area contributed by atoms with Gasteiger partial charge in [0.05, 0.1) is 0 Å². The monoisotopic (exact) mass is 312 g/mol. The molecular weight excluding hydrogens is 290 g/mol. The third-order valence-corrected chi connectivity index (χ3v) is 4.12. The van der Waals surface area contributed by atoms with Crippen LogP contribution in [0.5, 0.6) is 5.75 Å². The Morgan fingerprint density at radius 2 is 2.27 bits per heavy atom. The summed E-state index contributed by atoms with van der Waals surface area (Å²) in [6.45, 7) is 2.90. The highest BCUT2D eigenvalue weighted by molar-refractivity contribution is 5.94. The average molecular weight is 312 g/mol. The molecule has 122 valence electrons. The highest BCUT2D eigenvalue weighted by Gasteiger charge is 2.31. The van der Waals surface area contributed by atoms with Crippen LogP contribution in [-0.4, -0.2) is 31.7 Å². The first-order chi connectivity index (χ1) is 10.4. The van der Waals surface area contributed by atoms with Crippen molar-refractivity contribution in [3.05, 3.63) is 29.8 Å². The van der Waals surface area contributed by atoms with E-state index in [2.05, 4.69) is 29.2 Å². The van der Waals surface area contributed by atoms with Gasteiger partial charge in [-0.3, -0.25) is 4.79 Å². The number of nitrogens with one attached hydrogen (secondary N) is 2. The molecule has 0 saturated carbocycles. The van der Waals surface area contributed by atoms with Gasteiger partial charge in [-0.05, 0) is 43.0 Å². The van der Waals surface area contributed by atoms with Crippen LogP contribution in [0.3, 0.4) is 0 Å². The SMILES string of the molecule is CC1(C)CCCNC1CNC(=O)c1cccc(OC(F)F)c1. The van der Waals surface area contributed by atoms with E-state index >= 15 is 0 Å². The Hall–Kier alpha value is -1.69. The number of carbonyl (C=O) groups is 1. The van der Waals surface area contributed by atoms with Gasteiger partial charge in [0, 0.05) is 18.2 Å². The van der Waals surface area contributed by atoms with Gasteiger partial charge in [-0.2, -0.15) is 8.78 Å². The van der Waals surface area contributed by atoms with Crippen LogP contribution in [0.4, 0.5) is 8.78 Å². The van der Waals surface area contributed by atoms with Gasteiger partial charge in [-0.25, -0.2) is 0 Å². The molecule has 4 nitrogen and oxygen atoms in total. The summed E-state index contributed by atoms with van der Waals surface area (Å²) in [6, 6.07) is 6.02. The molecule has 2 N–H and O–H groups in total. The fourth-order valence-electron chi connectivity index (χ4n) is 2.73. The Bertz CT molecular complexity index is 521. The molecular formula is C16H22F2N2O2. The summed E-state index contributed by atoms with van der Waals surface area (Å²) in [5, 5.41) is 6.28. The summed E-state index contributed by atoms with van der Waals surface area (Å²) in [5.41, 5.74) is 0.429. The molecule has 22 heavy (non-hydrogen) atoms. The minimum atomic E-state index is -2.90. The van der Waals surface area contributed by atoms with Crippen LogP contribution >= 0.6 is 0 Å². The molecule has 6 heteroatoms. The molecule has 1 aromatic rings. The molecule has 1 fully saturated rings. The van der Waals surface area contributed by atoms with Crippen LogP contribution in [0, 0.1) is 5.41 Å². The average Bonchev–Trinajstić information content (AvgIpc) is 2.45. The van der Waals surface area contributed by atoms with E-state index in [4.69, 9.17) is 0 Å². The van der Waals surface area contributed by atoms with Gasteiger partial charge in [-0.1, -0.05) is 19.9 Å². The van der Waals surface area contributed by atoms with E-state index in [1.54, 1.807) is 6.07 Å². The molecule has 0 spiro atoms. The number of hydrogen-bond acceptors (Lipinski definition) is 3. The van der Waals surface area contributed by atoms with Crippen LogP contribution in [0.2, 0.25) is 0 Å². The van der Waals surface area contributed by atoms with Crippen molar-refractivity contribution in [3.63, 3.8) is 0 Å². The van der Waals surface area contributed by atoms with Crippen LogP contribution in [0.15, 0.2) is 24.3 Å². The van der Waals surface area contributed by atoms with Crippen LogP contribution in [0.1, 0.15) is 37.0 Å². The summed E-state index contributed by atoms with van der Waals surface area (Å²) in [6.07, 6.45) is 2.24. The van der Waals surface area contributed by atoms with Crippen LogP contribution in [-0.2, 0) is 0 Å². The molecule has 1 aromatic carbocycles. The first kappa shape index (κ1) is 16.7. The molecule has 1 heterocycles. The van der Waals surface area contributed by atoms with Crippen molar-refractivity contribution in [1.82, 2.24) is 10.6 Å². The first-order valence-corrected chi connectivity index (χ1v) is 7.45. The maximum Gasteiger partial charge on any atom is 0.387 e. The standard InChI is InChI=1S/C16H22F2N2O2/c1-16(2)7-4-8-19-13(16)10-20-14(21)11-5-3-6-12(9-11)22-15(17)18/h3,5-6,9,13,15,19H,4,7-8,10H2,1-2H3,(H,20,21). The smallest absolute Gasteiger partial charge is 0.387 e. The Balaban J connectivity index is 1.94. The van der Waals surface area contributed by atoms with Gasteiger partial charge in [0.25, 0.3) is 5.91 Å². The zero-order valence-corrected chi connectivity index (χ0v) is 12.9. The number of ether oxygens (including phenoxy) is 1. The highest BCUT2D eigenvalue weighted by atomic mass is 19.3. The molecule has 1 amide bonds. The molecule has 0 aliphatic carbocycles. The zero-order chi connectivity index (χ0) is 16.2. The third kappa shape index (κ3) is 4.40. The molecule has 1 aliphatic heterocycles. The lowest BCUT2D eigenvalue weighted by atomic mass is 9.77. The minimum absolute atomic E-state index is 0.0150. The van der Waals surface area contributed by atoms with Gasteiger partial charge in [-0.15, -0.1) is 0 Å². The molecule has 1 saturated heterocycles. The largest absolute Gasteiger partial charge is 0.435 e. The van der Waals surface area contributed by atoms with Crippen LogP contribution < -0.4 is 15.4 Å². The van der Waals surface area contributed by atoms with Crippen molar-refractivity contribution in [2.75, 3.05) is 13.1 Å². The van der Waals surface area contributed by atoms with E-state index in [0.29, 0.717) is 12.1 Å². The maximum atomic E-state index is 12.2. The summed E-state index contributed by atoms with van der Waals surface area (Å²) in [4.78, 5) is 12.2. The lowest BCUT2D eigenvalue weighted by molar-refractivity contribution is -0.0498. The van der Waals surface area contributed by atoms with E-state index in [9.17, 15) is 13.6 Å². The maximum absolute atomic E-state index is 12.2. The van der Waals surface area contributed by atoms with Gasteiger partial charge >= 0.3 is 6.61 Å². The Morgan fingerprint density at radius 3 is 2.95 bits per heavy atom. The van der Waals surface area contributed by atoms with Crippen molar-refractivity contribution in [1.29, 1.82) is 0 Å². The van der Waals surface area contributed by atoms with Crippen molar-refractivity contribution in [3.8, 4) is 5.75 Å². The van der Waals surface area contributed by atoms with E-state index in [-0.39, 0.29) is 23.1 Å². The molecule has 0 aromatic heterocycles. The molecule has 1 aliphatic rings. The number of alkyl halides is 2. The summed E-state index contributed by atoms with van der Waals surface area (Å²) >= 11 is 0. The second-order valence-electron chi connectivity index (χ2n) is 6.22. The normalized spacial score (nSPS) is 20.7. The van der Waals surface area contributed by atoms with Gasteiger partial charge in [0.1, 0.15) is 5.75 Å². The quantitative estimate of drug-likeness (QED) is 0.879. The zero-order valence-electron chi connectivity index (χ0n) is 12.9. The summed E-state index contributed by atoms with van der Waals surface area (Å²) in [7, 11) is 0. The van der Waals surface area contributed by atoms with Crippen molar-refractivity contribution >= 4 is 5.91 Å². The second-order valence-corrected chi connectivity index (χ2v) is 6.22. The predicted octanol–water partition coefficient (Wildman–Crippen LogP) is 2.80. The third-order valence-electron chi connectivity index (χ3n) is 4.12. The molecule has 0 bridgehead atoms. The Morgan fingerprint density at radius 1 is 1.50 bits per heavy atom. The number of benzene rings is 1. The lowest BCUT2D eigenvalue weighted by Crippen LogP contribution is -2.52. The van der Waals surface area contributed by atoms with E-state index < -0.39 is 6.61 Å². The van der Waals surface area contributed by atoms with E-state index in [0.717, 1.165) is 19.4 Å². The van der Waals surface area contributed by atoms with Gasteiger partial charge in [0.15, 0.2) is 0 Å². The summed E-state index contributed by atoms with van der Waals surface area (Å²) in [5.74, 6) is -0.304. The van der Waals surface area contributed by atoms with Crippen molar-refractivity contribution < 1.29 is 18.3 Å². The predicted molar refractivity (Wildman–Crippen MR) is 80.2 cm³/mol. The van der Waals surface area contributed by atoms with Gasteiger partial charge in [0.2, 0.25) is 0 Å². The molecule has 1 unspecified atom stereocenters. The first-order valence-electron chi connectivity index (χ1n) is 7.45. The number of hydrogen-bond donors (Lipinski definition) is 2. The molecule has 0 radical (unpaired) electrons. The second kappa shape index (κ2) is 7.05. The molecule has 1 atom stereocenters. The minimum Gasteiger partial charge on any atom is -0.435 e. The highest BCUT2D eigenvalue weighted by Crippen LogP contribution is 2.29. The van der Waals surface area contributed by atoms with E-state index in [1.165, 1.54) is 18.2 Å². The Kier molecular flexibility index (Phi) is 5.34. The number of amides is 1. The Labute approximate surface area is 129 Å². The fraction of sp³-hybridized carbons (Fsp3) is 0.562. The fourth-order valence-corrected chi connectivity index (χ4v) is 2.73. The van der Waals surface area contributed by atoms with Crippen LogP contribution in [0.25, 0.3) is 0 Å². The number of rotatable bonds is 5. The molecule has 2 rings (SSSR count). The number of carbonyl (C=O) groups excluding carboxylic acids is 1. The van der Waals surface area contributed by atoms with Crippen molar-refractivity contribution in [2.24, 2.45) is 5.41 Å². The number of piperidine rings is 1.